The first-order valence-electron chi connectivity index (χ1n) is 9.94. The Labute approximate surface area is 177 Å². The fourth-order valence-electron chi connectivity index (χ4n) is 3.88. The molecule has 31 heavy (non-hydrogen) atoms. The van der Waals surface area contributed by atoms with Crippen LogP contribution in [0.5, 0.6) is 0 Å². The summed E-state index contributed by atoms with van der Waals surface area (Å²) in [6, 6.07) is 12.1. The summed E-state index contributed by atoms with van der Waals surface area (Å²) in [5.74, 6) is 0.670. The number of nitrogens with one attached hydrogen (secondary N) is 1. The van der Waals surface area contributed by atoms with Crippen molar-refractivity contribution in [2.75, 3.05) is 0 Å². The molecule has 150 valence electrons. The Balaban J connectivity index is 1.59. The van der Waals surface area contributed by atoms with Crippen LogP contribution in [0.3, 0.4) is 0 Å². The van der Waals surface area contributed by atoms with E-state index in [-0.39, 0.29) is 0 Å². The van der Waals surface area contributed by atoms with Crippen molar-refractivity contribution in [3.05, 3.63) is 78.8 Å². The molecule has 1 N–H and O–H groups in total. The highest BCUT2D eigenvalue weighted by Crippen LogP contribution is 2.31. The Kier molecular flexibility index (Phi) is 3.73. The fourth-order valence-corrected chi connectivity index (χ4v) is 3.88. The zero-order valence-corrected chi connectivity index (χ0v) is 17.0. The minimum absolute atomic E-state index is 0.634. The van der Waals surface area contributed by atoms with E-state index in [0.29, 0.717) is 11.5 Å². The van der Waals surface area contributed by atoms with Crippen LogP contribution in [-0.2, 0) is 0 Å². The lowest BCUT2D eigenvalue weighted by Gasteiger charge is -2.05. The molecule has 0 amide bonds. The maximum Gasteiger partial charge on any atom is 0.180 e. The van der Waals surface area contributed by atoms with E-state index in [0.717, 1.165) is 44.7 Å². The maximum absolute atomic E-state index is 4.93. The SMILES string of the molecule is Cc1cn(-c2ccnc3nc(-c4nn(-c5cnccc5C)c5ccccc45)[nH]c23)cn1. The van der Waals surface area contributed by atoms with Crippen molar-refractivity contribution in [1.82, 2.24) is 39.3 Å². The van der Waals surface area contributed by atoms with Gasteiger partial charge in [-0.3, -0.25) is 4.98 Å². The summed E-state index contributed by atoms with van der Waals surface area (Å²) < 4.78 is 3.89. The van der Waals surface area contributed by atoms with Gasteiger partial charge in [0, 0.05) is 24.0 Å². The molecule has 6 aromatic rings. The number of H-pyrrole nitrogens is 1. The lowest BCUT2D eigenvalue weighted by molar-refractivity contribution is 0.894. The molecular formula is C23H18N8. The molecular weight excluding hydrogens is 388 g/mol. The largest absolute Gasteiger partial charge is 0.333 e. The fraction of sp³-hybridized carbons (Fsp3) is 0.0870. The van der Waals surface area contributed by atoms with E-state index < -0.39 is 0 Å². The van der Waals surface area contributed by atoms with E-state index >= 15 is 0 Å². The third kappa shape index (κ3) is 2.72. The van der Waals surface area contributed by atoms with E-state index in [4.69, 9.17) is 10.1 Å². The van der Waals surface area contributed by atoms with Crippen molar-refractivity contribution in [2.24, 2.45) is 0 Å². The van der Waals surface area contributed by atoms with Gasteiger partial charge in [-0.2, -0.15) is 5.10 Å². The van der Waals surface area contributed by atoms with Crippen molar-refractivity contribution < 1.29 is 0 Å². The number of aryl methyl sites for hydroxylation is 2. The summed E-state index contributed by atoms with van der Waals surface area (Å²) in [5, 5.41) is 5.93. The van der Waals surface area contributed by atoms with E-state index in [1.807, 2.05) is 52.8 Å². The molecule has 0 aliphatic rings. The van der Waals surface area contributed by atoms with Crippen molar-refractivity contribution in [3.8, 4) is 22.9 Å². The van der Waals surface area contributed by atoms with Crippen LogP contribution in [-0.4, -0.2) is 39.3 Å². The number of para-hydroxylation sites is 1. The van der Waals surface area contributed by atoms with E-state index in [1.54, 1.807) is 18.7 Å². The molecule has 0 aliphatic heterocycles. The average Bonchev–Trinajstić information content (AvgIpc) is 3.50. The minimum Gasteiger partial charge on any atom is -0.333 e. The molecule has 0 unspecified atom stereocenters. The molecule has 1 aromatic carbocycles. The van der Waals surface area contributed by atoms with Gasteiger partial charge < -0.3 is 9.55 Å². The summed E-state index contributed by atoms with van der Waals surface area (Å²) in [6.07, 6.45) is 9.14. The summed E-state index contributed by atoms with van der Waals surface area (Å²) in [7, 11) is 0. The number of hydrogen-bond donors (Lipinski definition) is 1. The smallest absolute Gasteiger partial charge is 0.180 e. The highest BCUT2D eigenvalue weighted by molar-refractivity contribution is 5.94. The molecule has 8 heteroatoms. The summed E-state index contributed by atoms with van der Waals surface area (Å²) in [5.41, 5.74) is 7.16. The van der Waals surface area contributed by atoms with E-state index in [9.17, 15) is 0 Å². The number of aromatic nitrogens is 8. The lowest BCUT2D eigenvalue weighted by atomic mass is 10.2. The molecule has 0 atom stereocenters. The van der Waals surface area contributed by atoms with Gasteiger partial charge in [0.2, 0.25) is 0 Å². The van der Waals surface area contributed by atoms with Crippen molar-refractivity contribution in [2.45, 2.75) is 13.8 Å². The normalized spacial score (nSPS) is 11.5. The number of benzene rings is 1. The molecule has 5 aromatic heterocycles. The predicted molar refractivity (Wildman–Crippen MR) is 118 cm³/mol. The molecule has 6 rings (SSSR count). The topological polar surface area (TPSA) is 90.1 Å². The Morgan fingerprint density at radius 2 is 1.84 bits per heavy atom. The first kappa shape index (κ1) is 17.5. The molecule has 0 saturated heterocycles. The number of aromatic amines is 1. The van der Waals surface area contributed by atoms with Crippen LogP contribution >= 0.6 is 0 Å². The molecule has 0 spiro atoms. The number of nitrogens with zero attached hydrogens (tertiary/aromatic N) is 7. The van der Waals surface area contributed by atoms with Crippen molar-refractivity contribution in [1.29, 1.82) is 0 Å². The Morgan fingerprint density at radius 3 is 2.68 bits per heavy atom. The summed E-state index contributed by atoms with van der Waals surface area (Å²) in [4.78, 5) is 21.3. The Bertz CT molecular complexity index is 1570. The van der Waals surface area contributed by atoms with Crippen LogP contribution in [0.15, 0.2) is 67.5 Å². The van der Waals surface area contributed by atoms with Gasteiger partial charge >= 0.3 is 0 Å². The highest BCUT2D eigenvalue weighted by Gasteiger charge is 2.19. The van der Waals surface area contributed by atoms with Crippen LogP contribution < -0.4 is 0 Å². The zero-order chi connectivity index (χ0) is 20.9. The second-order valence-electron chi connectivity index (χ2n) is 7.48. The summed E-state index contributed by atoms with van der Waals surface area (Å²) >= 11 is 0. The predicted octanol–water partition coefficient (Wildman–Crippen LogP) is 4.16. The standard InChI is InChI=1S/C23H18N8/c1-14-7-9-24-11-19(14)31-17-6-4-3-5-16(17)20(29-31)23-27-21-18(8-10-25-22(21)28-23)30-12-15(2)26-13-30/h3-13H,1-2H3,(H,25,27,28). The molecule has 5 heterocycles. The van der Waals surface area contributed by atoms with Gasteiger partial charge in [-0.05, 0) is 37.6 Å². The van der Waals surface area contributed by atoms with Gasteiger partial charge in [0.05, 0.1) is 35.1 Å². The molecule has 0 radical (unpaired) electrons. The monoisotopic (exact) mass is 406 g/mol. The van der Waals surface area contributed by atoms with Crippen LogP contribution in [0.1, 0.15) is 11.3 Å². The van der Waals surface area contributed by atoms with Crippen LogP contribution in [0.2, 0.25) is 0 Å². The van der Waals surface area contributed by atoms with Crippen molar-refractivity contribution in [3.63, 3.8) is 0 Å². The second-order valence-corrected chi connectivity index (χ2v) is 7.48. The molecule has 0 fully saturated rings. The number of rotatable bonds is 3. The van der Waals surface area contributed by atoms with E-state index in [1.165, 1.54) is 0 Å². The Morgan fingerprint density at radius 1 is 0.935 bits per heavy atom. The van der Waals surface area contributed by atoms with Gasteiger partial charge in [0.25, 0.3) is 0 Å². The van der Waals surface area contributed by atoms with Gasteiger partial charge in [-0.25, -0.2) is 19.6 Å². The summed E-state index contributed by atoms with van der Waals surface area (Å²) in [6.45, 7) is 4.02. The number of fused-ring (bicyclic) bond motifs is 2. The van der Waals surface area contributed by atoms with Gasteiger partial charge in [-0.15, -0.1) is 0 Å². The number of imidazole rings is 2. The molecule has 0 bridgehead atoms. The molecule has 0 aliphatic carbocycles. The second kappa shape index (κ2) is 6.60. The number of hydrogen-bond acceptors (Lipinski definition) is 5. The van der Waals surface area contributed by atoms with Crippen LogP contribution in [0.4, 0.5) is 0 Å². The quantitative estimate of drug-likeness (QED) is 0.477. The minimum atomic E-state index is 0.634. The lowest BCUT2D eigenvalue weighted by Crippen LogP contribution is -2.00. The maximum atomic E-state index is 4.93. The highest BCUT2D eigenvalue weighted by atomic mass is 15.3. The third-order valence-corrected chi connectivity index (χ3v) is 5.41. The number of pyridine rings is 2. The first-order chi connectivity index (χ1) is 15.2. The van der Waals surface area contributed by atoms with Gasteiger partial charge in [-0.1, -0.05) is 18.2 Å². The molecule has 8 nitrogen and oxygen atoms in total. The average molecular weight is 406 g/mol. The van der Waals surface area contributed by atoms with Crippen LogP contribution in [0, 0.1) is 13.8 Å². The molecule has 0 saturated carbocycles. The first-order valence-corrected chi connectivity index (χ1v) is 9.94. The van der Waals surface area contributed by atoms with Crippen LogP contribution in [0.25, 0.3) is 45.0 Å². The van der Waals surface area contributed by atoms with Gasteiger partial charge in [0.1, 0.15) is 11.2 Å². The van der Waals surface area contributed by atoms with E-state index in [2.05, 4.69) is 39.0 Å². The van der Waals surface area contributed by atoms with Gasteiger partial charge in [0.15, 0.2) is 11.5 Å². The van der Waals surface area contributed by atoms with Crippen molar-refractivity contribution >= 4 is 22.1 Å². The zero-order valence-electron chi connectivity index (χ0n) is 17.0. The Hall–Kier alpha value is -4.33. The third-order valence-electron chi connectivity index (χ3n) is 5.41.